The zero-order valence-corrected chi connectivity index (χ0v) is 9.07. The Hall–Kier alpha value is -1.61. The number of hydrogen-bond donors (Lipinski definition) is 1. The quantitative estimate of drug-likeness (QED) is 0.806. The summed E-state index contributed by atoms with van der Waals surface area (Å²) in [6, 6.07) is 8.38. The first-order valence-electron chi connectivity index (χ1n) is 4.99. The summed E-state index contributed by atoms with van der Waals surface area (Å²) in [7, 11) is 1.94. The number of nitrogens with zero attached hydrogens (tertiary/aromatic N) is 2. The molecule has 3 nitrogen and oxygen atoms in total. The van der Waals surface area contributed by atoms with Gasteiger partial charge in [0.25, 0.3) is 0 Å². The van der Waals surface area contributed by atoms with Crippen molar-refractivity contribution in [1.29, 1.82) is 0 Å². The molecule has 2 rings (SSSR count). The summed E-state index contributed by atoms with van der Waals surface area (Å²) in [5.74, 6) is 0. The van der Waals surface area contributed by atoms with E-state index >= 15 is 0 Å². The van der Waals surface area contributed by atoms with Gasteiger partial charge in [-0.25, -0.2) is 0 Å². The first-order chi connectivity index (χ1) is 7.20. The summed E-state index contributed by atoms with van der Waals surface area (Å²) in [5.41, 5.74) is 10.3. The fourth-order valence-corrected chi connectivity index (χ4v) is 1.79. The molecule has 1 aromatic carbocycles. The topological polar surface area (TPSA) is 43.8 Å². The molecule has 2 N–H and O–H groups in total. The summed E-state index contributed by atoms with van der Waals surface area (Å²) in [6.45, 7) is 2.66. The molecule has 1 heterocycles. The summed E-state index contributed by atoms with van der Waals surface area (Å²) >= 11 is 0. The molecule has 0 saturated carbocycles. The van der Waals surface area contributed by atoms with Crippen LogP contribution in [0.1, 0.15) is 11.1 Å². The fraction of sp³-hybridized carbons (Fsp3) is 0.250. The molecule has 0 fully saturated rings. The van der Waals surface area contributed by atoms with Crippen molar-refractivity contribution in [2.45, 2.75) is 13.5 Å². The minimum atomic E-state index is 0.576. The minimum Gasteiger partial charge on any atom is -0.326 e. The Morgan fingerprint density at radius 3 is 2.73 bits per heavy atom. The highest BCUT2D eigenvalue weighted by atomic mass is 15.2. The van der Waals surface area contributed by atoms with E-state index in [1.165, 1.54) is 11.1 Å². The average molecular weight is 201 g/mol. The van der Waals surface area contributed by atoms with E-state index < -0.39 is 0 Å². The second kappa shape index (κ2) is 3.87. The van der Waals surface area contributed by atoms with E-state index in [2.05, 4.69) is 30.2 Å². The van der Waals surface area contributed by atoms with E-state index in [-0.39, 0.29) is 0 Å². The van der Waals surface area contributed by atoms with Crippen molar-refractivity contribution in [3.8, 4) is 11.3 Å². The van der Waals surface area contributed by atoms with Crippen LogP contribution < -0.4 is 5.73 Å². The Bertz CT molecular complexity index is 471. The molecule has 0 unspecified atom stereocenters. The van der Waals surface area contributed by atoms with Crippen LogP contribution in [0.5, 0.6) is 0 Å². The van der Waals surface area contributed by atoms with Crippen molar-refractivity contribution in [3.05, 3.63) is 41.6 Å². The Morgan fingerprint density at radius 1 is 1.33 bits per heavy atom. The molecule has 0 spiro atoms. The third kappa shape index (κ3) is 1.92. The molecule has 0 aliphatic rings. The number of nitrogens with two attached hydrogens (primary N) is 1. The van der Waals surface area contributed by atoms with Gasteiger partial charge in [-0.2, -0.15) is 5.10 Å². The molecular formula is C12H15N3. The number of rotatable bonds is 2. The van der Waals surface area contributed by atoms with Crippen molar-refractivity contribution in [2.75, 3.05) is 0 Å². The molecule has 0 aliphatic heterocycles. The van der Waals surface area contributed by atoms with E-state index in [9.17, 15) is 0 Å². The molecule has 0 amide bonds. The largest absolute Gasteiger partial charge is 0.326 e. The third-order valence-corrected chi connectivity index (χ3v) is 2.49. The van der Waals surface area contributed by atoms with Crippen LogP contribution in [0.2, 0.25) is 0 Å². The lowest BCUT2D eigenvalue weighted by Gasteiger charge is -2.06. The van der Waals surface area contributed by atoms with Crippen LogP contribution in [0.3, 0.4) is 0 Å². The van der Waals surface area contributed by atoms with Gasteiger partial charge in [0.1, 0.15) is 0 Å². The van der Waals surface area contributed by atoms with E-state index in [1.54, 1.807) is 6.20 Å². The van der Waals surface area contributed by atoms with Gasteiger partial charge in [0.15, 0.2) is 0 Å². The van der Waals surface area contributed by atoms with E-state index in [0.29, 0.717) is 6.54 Å². The lowest BCUT2D eigenvalue weighted by atomic mass is 10.0. The number of benzene rings is 1. The molecule has 0 bridgehead atoms. The van der Waals surface area contributed by atoms with Crippen molar-refractivity contribution >= 4 is 0 Å². The zero-order chi connectivity index (χ0) is 10.8. The van der Waals surface area contributed by atoms with Crippen LogP contribution in [-0.2, 0) is 13.6 Å². The Balaban J connectivity index is 2.53. The molecule has 0 aliphatic carbocycles. The first-order valence-corrected chi connectivity index (χ1v) is 4.99. The lowest BCUT2D eigenvalue weighted by molar-refractivity contribution is 0.775. The maximum Gasteiger partial charge on any atom is 0.0679 e. The van der Waals surface area contributed by atoms with Crippen LogP contribution in [0, 0.1) is 6.92 Å². The zero-order valence-electron chi connectivity index (χ0n) is 9.07. The molecule has 0 atom stereocenters. The Kier molecular flexibility index (Phi) is 2.56. The van der Waals surface area contributed by atoms with Gasteiger partial charge < -0.3 is 5.73 Å². The van der Waals surface area contributed by atoms with Crippen molar-refractivity contribution in [1.82, 2.24) is 9.78 Å². The summed E-state index contributed by atoms with van der Waals surface area (Å²) in [4.78, 5) is 0. The van der Waals surface area contributed by atoms with Gasteiger partial charge in [-0.3, -0.25) is 4.68 Å². The molecule has 2 aromatic rings. The fourth-order valence-electron chi connectivity index (χ4n) is 1.79. The van der Waals surface area contributed by atoms with Gasteiger partial charge in [-0.15, -0.1) is 0 Å². The Labute approximate surface area is 89.5 Å². The lowest BCUT2D eigenvalue weighted by Crippen LogP contribution is -1.99. The normalized spacial score (nSPS) is 10.6. The third-order valence-electron chi connectivity index (χ3n) is 2.49. The SMILES string of the molecule is Cc1cc(CN)cc(-c2ccnn2C)c1. The van der Waals surface area contributed by atoms with Gasteiger partial charge in [0.2, 0.25) is 0 Å². The predicted molar refractivity (Wildman–Crippen MR) is 61.3 cm³/mol. The Morgan fingerprint density at radius 2 is 2.13 bits per heavy atom. The maximum absolute atomic E-state index is 5.66. The van der Waals surface area contributed by atoms with E-state index in [1.807, 2.05) is 17.8 Å². The summed E-state index contributed by atoms with van der Waals surface area (Å²) < 4.78 is 1.87. The molecule has 78 valence electrons. The van der Waals surface area contributed by atoms with E-state index in [4.69, 9.17) is 5.73 Å². The molecule has 0 radical (unpaired) electrons. The smallest absolute Gasteiger partial charge is 0.0679 e. The molecule has 3 heteroatoms. The van der Waals surface area contributed by atoms with Gasteiger partial charge in [0, 0.05) is 25.4 Å². The molecule has 15 heavy (non-hydrogen) atoms. The molecule has 0 saturated heterocycles. The standard InChI is InChI=1S/C12H15N3/c1-9-5-10(8-13)7-11(6-9)12-3-4-14-15(12)2/h3-7H,8,13H2,1-2H3. The minimum absolute atomic E-state index is 0.576. The summed E-state index contributed by atoms with van der Waals surface area (Å²) in [5, 5.41) is 4.16. The molecular weight excluding hydrogens is 186 g/mol. The highest BCUT2D eigenvalue weighted by molar-refractivity contribution is 5.61. The van der Waals surface area contributed by atoms with Crippen LogP contribution in [0.15, 0.2) is 30.5 Å². The van der Waals surface area contributed by atoms with Gasteiger partial charge in [-0.1, -0.05) is 11.6 Å². The van der Waals surface area contributed by atoms with Crippen LogP contribution in [-0.4, -0.2) is 9.78 Å². The number of aromatic nitrogens is 2. The van der Waals surface area contributed by atoms with Crippen LogP contribution >= 0.6 is 0 Å². The number of hydrogen-bond acceptors (Lipinski definition) is 2. The number of aryl methyl sites for hydroxylation is 2. The summed E-state index contributed by atoms with van der Waals surface area (Å²) in [6.07, 6.45) is 1.81. The van der Waals surface area contributed by atoms with Gasteiger partial charge >= 0.3 is 0 Å². The predicted octanol–water partition coefficient (Wildman–Crippen LogP) is 1.85. The van der Waals surface area contributed by atoms with Crippen LogP contribution in [0.4, 0.5) is 0 Å². The second-order valence-electron chi connectivity index (χ2n) is 3.75. The van der Waals surface area contributed by atoms with Crippen molar-refractivity contribution in [2.24, 2.45) is 12.8 Å². The van der Waals surface area contributed by atoms with Gasteiger partial charge in [0.05, 0.1) is 5.69 Å². The highest BCUT2D eigenvalue weighted by Crippen LogP contribution is 2.21. The van der Waals surface area contributed by atoms with Crippen molar-refractivity contribution in [3.63, 3.8) is 0 Å². The monoisotopic (exact) mass is 201 g/mol. The maximum atomic E-state index is 5.66. The first kappa shape index (κ1) is 9.93. The van der Waals surface area contributed by atoms with Crippen molar-refractivity contribution < 1.29 is 0 Å². The van der Waals surface area contributed by atoms with Gasteiger partial charge in [-0.05, 0) is 30.7 Å². The molecule has 1 aromatic heterocycles. The highest BCUT2D eigenvalue weighted by Gasteiger charge is 2.04. The average Bonchev–Trinajstić information content (AvgIpc) is 2.63. The second-order valence-corrected chi connectivity index (χ2v) is 3.75. The van der Waals surface area contributed by atoms with Crippen LogP contribution in [0.25, 0.3) is 11.3 Å². The van der Waals surface area contributed by atoms with E-state index in [0.717, 1.165) is 11.3 Å².